The van der Waals surface area contributed by atoms with Gasteiger partial charge in [0.1, 0.15) is 5.58 Å². The Bertz CT molecular complexity index is 445. The minimum Gasteiger partial charge on any atom is -0.464 e. The highest BCUT2D eigenvalue weighted by molar-refractivity contribution is 6.00. The summed E-state index contributed by atoms with van der Waals surface area (Å²) in [6.45, 7) is 0.0450. The Morgan fingerprint density at radius 1 is 1.38 bits per heavy atom. The van der Waals surface area contributed by atoms with Crippen LogP contribution in [-0.4, -0.2) is 12.3 Å². The third-order valence-corrected chi connectivity index (χ3v) is 1.96. The Morgan fingerprint density at radius 2 is 2.23 bits per heavy atom. The molecule has 0 aliphatic carbocycles. The van der Waals surface area contributed by atoms with E-state index in [4.69, 9.17) is 10.2 Å². The molecule has 3 nitrogen and oxygen atoms in total. The molecule has 0 amide bonds. The van der Waals surface area contributed by atoms with Crippen molar-refractivity contribution in [3.8, 4) is 0 Å². The van der Waals surface area contributed by atoms with Gasteiger partial charge in [-0.25, -0.2) is 0 Å². The lowest BCUT2D eigenvalue weighted by molar-refractivity contribution is 0.100. The maximum Gasteiger partial charge on any atom is 0.176 e. The molecule has 0 fully saturated rings. The van der Waals surface area contributed by atoms with Gasteiger partial charge in [0.2, 0.25) is 0 Å². The van der Waals surface area contributed by atoms with Crippen LogP contribution in [0.5, 0.6) is 0 Å². The highest BCUT2D eigenvalue weighted by atomic mass is 16.3. The van der Waals surface area contributed by atoms with Crippen LogP contribution >= 0.6 is 0 Å². The molecule has 0 saturated carbocycles. The van der Waals surface area contributed by atoms with Crippen LogP contribution in [0.3, 0.4) is 0 Å². The fourth-order valence-electron chi connectivity index (χ4n) is 1.26. The number of hydrogen-bond acceptors (Lipinski definition) is 3. The third-order valence-electron chi connectivity index (χ3n) is 1.96. The monoisotopic (exact) mass is 175 g/mol. The first kappa shape index (κ1) is 8.01. The lowest BCUT2D eigenvalue weighted by Crippen LogP contribution is -2.13. The second-order valence-corrected chi connectivity index (χ2v) is 2.80. The van der Waals surface area contributed by atoms with Crippen molar-refractivity contribution in [2.45, 2.75) is 0 Å². The number of fused-ring (bicyclic) bond motifs is 1. The van der Waals surface area contributed by atoms with E-state index in [1.165, 1.54) is 0 Å². The number of benzene rings is 1. The van der Waals surface area contributed by atoms with Crippen molar-refractivity contribution in [2.24, 2.45) is 5.73 Å². The summed E-state index contributed by atoms with van der Waals surface area (Å²) in [5.74, 6) is -0.0527. The maximum atomic E-state index is 11.2. The van der Waals surface area contributed by atoms with Crippen molar-refractivity contribution >= 4 is 16.8 Å². The molecule has 1 aromatic heterocycles. The molecule has 3 heteroatoms. The topological polar surface area (TPSA) is 56.2 Å². The van der Waals surface area contributed by atoms with Crippen LogP contribution in [0.2, 0.25) is 0 Å². The maximum absolute atomic E-state index is 11.2. The van der Waals surface area contributed by atoms with Crippen LogP contribution in [0.4, 0.5) is 0 Å². The van der Waals surface area contributed by atoms with Crippen LogP contribution in [0.15, 0.2) is 34.9 Å². The number of rotatable bonds is 2. The zero-order chi connectivity index (χ0) is 9.26. The van der Waals surface area contributed by atoms with Crippen molar-refractivity contribution in [3.05, 3.63) is 36.1 Å². The molecule has 13 heavy (non-hydrogen) atoms. The van der Waals surface area contributed by atoms with Crippen LogP contribution in [0.25, 0.3) is 11.0 Å². The highest BCUT2D eigenvalue weighted by Gasteiger charge is 2.04. The second-order valence-electron chi connectivity index (χ2n) is 2.80. The number of carbonyl (C=O) groups is 1. The Labute approximate surface area is 75.1 Å². The van der Waals surface area contributed by atoms with E-state index in [0.29, 0.717) is 5.56 Å². The van der Waals surface area contributed by atoms with E-state index in [0.717, 1.165) is 11.0 Å². The number of carbonyl (C=O) groups excluding carboxylic acids is 1. The molecule has 66 valence electrons. The molecule has 2 N–H and O–H groups in total. The first-order chi connectivity index (χ1) is 6.31. The Hall–Kier alpha value is -1.61. The molecular weight excluding hydrogens is 166 g/mol. The molecule has 0 aliphatic rings. The van der Waals surface area contributed by atoms with Crippen molar-refractivity contribution in [3.63, 3.8) is 0 Å². The van der Waals surface area contributed by atoms with E-state index in [1.807, 2.05) is 6.07 Å². The second kappa shape index (κ2) is 3.03. The first-order valence-electron chi connectivity index (χ1n) is 4.02. The molecule has 0 atom stereocenters. The number of ketones is 1. The highest BCUT2D eigenvalue weighted by Crippen LogP contribution is 2.16. The van der Waals surface area contributed by atoms with Gasteiger partial charge in [0.25, 0.3) is 0 Å². The standard InChI is InChI=1S/C10H9NO2/c11-6-9(12)7-1-2-10-8(5-7)3-4-13-10/h1-5H,6,11H2. The van der Waals surface area contributed by atoms with Gasteiger partial charge in [-0.3, -0.25) is 4.79 Å². The zero-order valence-electron chi connectivity index (χ0n) is 6.99. The average molecular weight is 175 g/mol. The van der Waals surface area contributed by atoms with Gasteiger partial charge in [0.05, 0.1) is 12.8 Å². The Kier molecular flexibility index (Phi) is 1.87. The van der Waals surface area contributed by atoms with Gasteiger partial charge in [-0.1, -0.05) is 0 Å². The molecule has 2 rings (SSSR count). The van der Waals surface area contributed by atoms with Crippen LogP contribution in [0.1, 0.15) is 10.4 Å². The molecule has 1 heterocycles. The van der Waals surface area contributed by atoms with Gasteiger partial charge in [0.15, 0.2) is 5.78 Å². The number of hydrogen-bond donors (Lipinski definition) is 1. The van der Waals surface area contributed by atoms with Crippen LogP contribution < -0.4 is 5.73 Å². The van der Waals surface area contributed by atoms with E-state index >= 15 is 0 Å². The first-order valence-corrected chi connectivity index (χ1v) is 4.02. The molecule has 0 unspecified atom stereocenters. The molecule has 0 saturated heterocycles. The van der Waals surface area contributed by atoms with Gasteiger partial charge in [0, 0.05) is 10.9 Å². The van der Waals surface area contributed by atoms with Crippen LogP contribution in [0, 0.1) is 0 Å². The molecule has 0 bridgehead atoms. The minimum atomic E-state index is -0.0527. The lowest BCUT2D eigenvalue weighted by Gasteiger charge is -1.96. The number of furan rings is 1. The van der Waals surface area contributed by atoms with Gasteiger partial charge >= 0.3 is 0 Å². The smallest absolute Gasteiger partial charge is 0.176 e. The summed E-state index contributed by atoms with van der Waals surface area (Å²) in [5, 5.41) is 0.930. The fraction of sp³-hybridized carbons (Fsp3) is 0.100. The molecular formula is C10H9NO2. The summed E-state index contributed by atoms with van der Waals surface area (Å²) in [4.78, 5) is 11.2. The predicted molar refractivity (Wildman–Crippen MR) is 49.6 cm³/mol. The van der Waals surface area contributed by atoms with E-state index in [-0.39, 0.29) is 12.3 Å². The fourth-order valence-corrected chi connectivity index (χ4v) is 1.26. The Morgan fingerprint density at radius 3 is 3.00 bits per heavy atom. The van der Waals surface area contributed by atoms with Crippen LogP contribution in [-0.2, 0) is 0 Å². The number of nitrogens with two attached hydrogens (primary N) is 1. The van der Waals surface area contributed by atoms with E-state index in [1.54, 1.807) is 24.5 Å². The zero-order valence-corrected chi connectivity index (χ0v) is 6.99. The van der Waals surface area contributed by atoms with E-state index in [9.17, 15) is 4.79 Å². The van der Waals surface area contributed by atoms with E-state index < -0.39 is 0 Å². The van der Waals surface area contributed by atoms with Gasteiger partial charge < -0.3 is 10.2 Å². The largest absolute Gasteiger partial charge is 0.464 e. The lowest BCUT2D eigenvalue weighted by atomic mass is 10.1. The SMILES string of the molecule is NCC(=O)c1ccc2occc2c1. The summed E-state index contributed by atoms with van der Waals surface area (Å²) in [6, 6.07) is 7.11. The van der Waals surface area contributed by atoms with E-state index in [2.05, 4.69) is 0 Å². The summed E-state index contributed by atoms with van der Waals surface area (Å²) in [5.41, 5.74) is 6.67. The third kappa shape index (κ3) is 1.34. The van der Waals surface area contributed by atoms with Gasteiger partial charge in [-0.05, 0) is 24.3 Å². The van der Waals surface area contributed by atoms with Crippen molar-refractivity contribution in [1.29, 1.82) is 0 Å². The summed E-state index contributed by atoms with van der Waals surface area (Å²) < 4.78 is 5.14. The normalized spacial score (nSPS) is 10.5. The van der Waals surface area contributed by atoms with Crippen molar-refractivity contribution in [1.82, 2.24) is 0 Å². The Balaban J connectivity index is 2.54. The summed E-state index contributed by atoms with van der Waals surface area (Å²) >= 11 is 0. The van der Waals surface area contributed by atoms with Gasteiger partial charge in [-0.2, -0.15) is 0 Å². The summed E-state index contributed by atoms with van der Waals surface area (Å²) in [7, 11) is 0. The van der Waals surface area contributed by atoms with Gasteiger partial charge in [-0.15, -0.1) is 0 Å². The van der Waals surface area contributed by atoms with Crippen molar-refractivity contribution < 1.29 is 9.21 Å². The molecule has 2 aromatic rings. The molecule has 0 aliphatic heterocycles. The van der Waals surface area contributed by atoms with Crippen molar-refractivity contribution in [2.75, 3.05) is 6.54 Å². The average Bonchev–Trinajstić information content (AvgIpc) is 2.63. The molecule has 1 aromatic carbocycles. The summed E-state index contributed by atoms with van der Waals surface area (Å²) in [6.07, 6.45) is 1.60. The quantitative estimate of drug-likeness (QED) is 0.705. The number of Topliss-reactive ketones (excluding diaryl/α,β-unsaturated/α-hetero) is 1. The molecule has 0 radical (unpaired) electrons. The predicted octanol–water partition coefficient (Wildman–Crippen LogP) is 1.57. The minimum absolute atomic E-state index is 0.0450. The molecule has 0 spiro atoms.